The molecule has 3 aromatic rings. The first kappa shape index (κ1) is 25.9. The zero-order valence-corrected chi connectivity index (χ0v) is 21.8. The fourth-order valence-corrected chi connectivity index (χ4v) is 6.65. The van der Waals surface area contributed by atoms with Crippen molar-refractivity contribution in [3.05, 3.63) is 49.8 Å². The fourth-order valence-electron chi connectivity index (χ4n) is 5.05. The van der Waals surface area contributed by atoms with Gasteiger partial charge in [0.2, 0.25) is 5.91 Å². The van der Waals surface area contributed by atoms with Crippen LogP contribution in [0.25, 0.3) is 10.2 Å². The number of nitrogens with one attached hydrogen (secondary N) is 1. The van der Waals surface area contributed by atoms with Crippen LogP contribution >= 0.6 is 22.7 Å². The van der Waals surface area contributed by atoms with Crippen molar-refractivity contribution in [2.24, 2.45) is 5.73 Å². The van der Waals surface area contributed by atoms with Crippen LogP contribution in [0.1, 0.15) is 49.0 Å². The van der Waals surface area contributed by atoms with Gasteiger partial charge in [-0.3, -0.25) is 14.5 Å². The maximum absolute atomic E-state index is 11.9. The Labute approximate surface area is 214 Å². The molecule has 0 spiro atoms. The summed E-state index contributed by atoms with van der Waals surface area (Å²) in [5, 5.41) is 12.2. The number of thiophene rings is 1. The van der Waals surface area contributed by atoms with E-state index in [2.05, 4.69) is 32.3 Å². The van der Waals surface area contributed by atoms with E-state index in [9.17, 15) is 14.7 Å². The molecule has 35 heavy (non-hydrogen) atoms. The number of phenolic OH excluding ortho intramolecular Hbond substituents is 1. The number of carbonyl (C=O) groups is 1. The van der Waals surface area contributed by atoms with E-state index in [-0.39, 0.29) is 16.5 Å². The first-order chi connectivity index (χ1) is 17.0. The SMILES string of the molecule is NC(=O)CCN(CCc1cccs1)CCN(CCc1ccc(O)c2[nH]c(=O)sc12)C1CCCCC1. The number of aromatic hydroxyl groups is 1. The van der Waals surface area contributed by atoms with Gasteiger partial charge in [0.05, 0.1) is 4.70 Å². The standard InChI is InChI=1S/C26H36N4O3S2/c27-23(32)12-14-29(13-11-21-7-4-18-34-21)16-17-30(20-5-2-1-3-6-20)15-10-19-8-9-22(31)24-25(19)35-26(33)28-24/h4,7-9,18,20,31H,1-3,5-6,10-17H2,(H2,27,32)(H,28,33). The van der Waals surface area contributed by atoms with Gasteiger partial charge < -0.3 is 20.7 Å². The minimum atomic E-state index is -0.253. The van der Waals surface area contributed by atoms with Crippen molar-refractivity contribution in [2.45, 2.75) is 57.4 Å². The molecule has 1 aliphatic rings. The van der Waals surface area contributed by atoms with Gasteiger partial charge in [0, 0.05) is 50.1 Å². The molecule has 2 heterocycles. The minimum absolute atomic E-state index is 0.127. The van der Waals surface area contributed by atoms with Gasteiger partial charge in [-0.1, -0.05) is 42.7 Å². The molecule has 4 rings (SSSR count). The fraction of sp³-hybridized carbons (Fsp3) is 0.538. The number of amides is 1. The maximum atomic E-state index is 11.9. The number of aromatic nitrogens is 1. The average Bonchev–Trinajstić information content (AvgIpc) is 3.52. The molecule has 0 unspecified atom stereocenters. The lowest BCUT2D eigenvalue weighted by Crippen LogP contribution is -2.44. The first-order valence-electron chi connectivity index (χ1n) is 12.6. The zero-order valence-electron chi connectivity index (χ0n) is 20.2. The normalized spacial score (nSPS) is 14.9. The van der Waals surface area contributed by atoms with Gasteiger partial charge in [0.15, 0.2) is 0 Å². The van der Waals surface area contributed by atoms with Crippen LogP contribution in [-0.2, 0) is 17.6 Å². The van der Waals surface area contributed by atoms with Gasteiger partial charge in [-0.2, -0.15) is 0 Å². The molecule has 4 N–H and O–H groups in total. The lowest BCUT2D eigenvalue weighted by Gasteiger charge is -2.36. The topological polar surface area (TPSA) is 103 Å². The van der Waals surface area contributed by atoms with E-state index < -0.39 is 0 Å². The largest absolute Gasteiger partial charge is 0.506 e. The number of rotatable bonds is 13. The number of thiazole rings is 1. The Morgan fingerprint density at radius 1 is 1.06 bits per heavy atom. The molecule has 1 saturated carbocycles. The Hall–Kier alpha value is -2.20. The van der Waals surface area contributed by atoms with Crippen LogP contribution in [0.4, 0.5) is 0 Å². The third-order valence-electron chi connectivity index (χ3n) is 7.03. The average molecular weight is 517 g/mol. The van der Waals surface area contributed by atoms with E-state index in [4.69, 9.17) is 5.73 Å². The molecule has 1 aliphatic carbocycles. The van der Waals surface area contributed by atoms with Gasteiger partial charge in [0.25, 0.3) is 0 Å². The highest BCUT2D eigenvalue weighted by atomic mass is 32.1. The maximum Gasteiger partial charge on any atom is 0.305 e. The number of primary amides is 1. The summed E-state index contributed by atoms with van der Waals surface area (Å²) in [7, 11) is 0. The van der Waals surface area contributed by atoms with Gasteiger partial charge >= 0.3 is 4.87 Å². The second-order valence-electron chi connectivity index (χ2n) is 9.43. The van der Waals surface area contributed by atoms with Crippen LogP contribution in [0.3, 0.4) is 0 Å². The summed E-state index contributed by atoms with van der Waals surface area (Å²) in [6, 6.07) is 8.44. The van der Waals surface area contributed by atoms with Crippen LogP contribution < -0.4 is 10.6 Å². The first-order valence-corrected chi connectivity index (χ1v) is 14.3. The second-order valence-corrected chi connectivity index (χ2v) is 11.4. The van der Waals surface area contributed by atoms with Crippen LogP contribution in [-0.4, -0.2) is 64.6 Å². The number of hydrogen-bond donors (Lipinski definition) is 3. The molecule has 0 aliphatic heterocycles. The smallest absolute Gasteiger partial charge is 0.305 e. The number of nitrogens with zero attached hydrogens (tertiary/aromatic N) is 2. The van der Waals surface area contributed by atoms with E-state index in [1.54, 1.807) is 17.4 Å². The van der Waals surface area contributed by atoms with E-state index in [1.807, 2.05) is 6.07 Å². The summed E-state index contributed by atoms with van der Waals surface area (Å²) in [6.45, 7) is 4.36. The molecule has 0 radical (unpaired) electrons. The molecule has 1 aromatic carbocycles. The van der Waals surface area contributed by atoms with Gasteiger partial charge in [-0.25, -0.2) is 0 Å². The highest BCUT2D eigenvalue weighted by Crippen LogP contribution is 2.29. The van der Waals surface area contributed by atoms with Crippen molar-refractivity contribution in [1.82, 2.24) is 14.8 Å². The number of carbonyl (C=O) groups excluding carboxylic acids is 1. The molecular weight excluding hydrogens is 480 g/mol. The molecule has 1 amide bonds. The van der Waals surface area contributed by atoms with Gasteiger partial charge in [0.1, 0.15) is 11.3 Å². The summed E-state index contributed by atoms with van der Waals surface area (Å²) >= 11 is 2.95. The molecule has 1 fully saturated rings. The third kappa shape index (κ3) is 7.39. The summed E-state index contributed by atoms with van der Waals surface area (Å²) < 4.78 is 0.859. The van der Waals surface area contributed by atoms with Crippen molar-refractivity contribution in [3.8, 4) is 5.75 Å². The van der Waals surface area contributed by atoms with Crippen LogP contribution in [0.5, 0.6) is 5.75 Å². The summed E-state index contributed by atoms with van der Waals surface area (Å²) in [5.74, 6) is -0.126. The van der Waals surface area contributed by atoms with E-state index in [0.717, 1.165) is 49.3 Å². The van der Waals surface area contributed by atoms with Crippen LogP contribution in [0.15, 0.2) is 34.4 Å². The number of H-pyrrole nitrogens is 1. The number of hydrogen-bond acceptors (Lipinski definition) is 7. The number of benzene rings is 1. The molecule has 2 aromatic heterocycles. The van der Waals surface area contributed by atoms with Crippen LogP contribution in [0.2, 0.25) is 0 Å². The quantitative estimate of drug-likeness (QED) is 0.319. The molecule has 0 bridgehead atoms. The number of phenols is 1. The Kier molecular flexibility index (Phi) is 9.37. The van der Waals surface area contributed by atoms with Crippen molar-refractivity contribution in [3.63, 3.8) is 0 Å². The molecule has 0 atom stereocenters. The Morgan fingerprint density at radius 3 is 2.63 bits per heavy atom. The lowest BCUT2D eigenvalue weighted by atomic mass is 9.94. The van der Waals surface area contributed by atoms with Crippen LogP contribution in [0, 0.1) is 0 Å². The predicted molar refractivity (Wildman–Crippen MR) is 145 cm³/mol. The van der Waals surface area contributed by atoms with E-state index in [0.29, 0.717) is 24.5 Å². The lowest BCUT2D eigenvalue weighted by molar-refractivity contribution is -0.118. The molecule has 190 valence electrons. The van der Waals surface area contributed by atoms with Crippen molar-refractivity contribution < 1.29 is 9.90 Å². The van der Waals surface area contributed by atoms with Crippen molar-refractivity contribution in [2.75, 3.05) is 32.7 Å². The number of aromatic amines is 1. The summed E-state index contributed by atoms with van der Waals surface area (Å²) in [4.78, 5) is 32.3. The van der Waals surface area contributed by atoms with E-state index >= 15 is 0 Å². The van der Waals surface area contributed by atoms with Crippen molar-refractivity contribution in [1.29, 1.82) is 0 Å². The zero-order chi connectivity index (χ0) is 24.6. The highest BCUT2D eigenvalue weighted by molar-refractivity contribution is 7.16. The highest BCUT2D eigenvalue weighted by Gasteiger charge is 2.22. The number of fused-ring (bicyclic) bond motifs is 1. The Morgan fingerprint density at radius 2 is 1.89 bits per heavy atom. The Balaban J connectivity index is 1.42. The summed E-state index contributed by atoms with van der Waals surface area (Å²) in [5.41, 5.74) is 7.11. The van der Waals surface area contributed by atoms with Crippen molar-refractivity contribution >= 4 is 38.8 Å². The molecule has 7 nitrogen and oxygen atoms in total. The van der Waals surface area contributed by atoms with Gasteiger partial charge in [-0.05, 0) is 48.8 Å². The molecule has 9 heteroatoms. The second kappa shape index (κ2) is 12.7. The molecular formula is C26H36N4O3S2. The third-order valence-corrected chi connectivity index (χ3v) is 8.92. The predicted octanol–water partition coefficient (Wildman–Crippen LogP) is 3.95. The van der Waals surface area contributed by atoms with E-state index in [1.165, 1.54) is 48.3 Å². The van der Waals surface area contributed by atoms with Gasteiger partial charge in [-0.15, -0.1) is 11.3 Å². The minimum Gasteiger partial charge on any atom is -0.506 e. The monoisotopic (exact) mass is 516 g/mol. The molecule has 0 saturated heterocycles. The summed E-state index contributed by atoms with van der Waals surface area (Å²) in [6.07, 6.45) is 8.49. The Bertz CT molecular complexity index is 1140. The number of nitrogens with two attached hydrogens (primary N) is 1.